The van der Waals surface area contributed by atoms with E-state index in [9.17, 15) is 9.59 Å². The monoisotopic (exact) mass is 490 g/mol. The summed E-state index contributed by atoms with van der Waals surface area (Å²) < 4.78 is 0. The SMILES string of the molecule is C=C(C)C(=O)O.C=C(C)C(=O)O.C=Cc1ccccc1.ClCC=Cc1ccccc1.OCCO. The molecule has 0 amide bonds. The largest absolute Gasteiger partial charge is 0.478 e. The number of alkyl halides is 1. The Morgan fingerprint density at radius 3 is 1.32 bits per heavy atom. The van der Waals surface area contributed by atoms with Crippen molar-refractivity contribution in [3.8, 4) is 0 Å². The smallest absolute Gasteiger partial charge is 0.330 e. The highest BCUT2D eigenvalue weighted by molar-refractivity contribution is 6.19. The van der Waals surface area contributed by atoms with Crippen molar-refractivity contribution in [1.29, 1.82) is 0 Å². The van der Waals surface area contributed by atoms with Gasteiger partial charge in [0.25, 0.3) is 0 Å². The number of halogens is 1. The Morgan fingerprint density at radius 2 is 1.12 bits per heavy atom. The minimum atomic E-state index is -0.935. The lowest BCUT2D eigenvalue weighted by atomic mass is 10.2. The van der Waals surface area contributed by atoms with Gasteiger partial charge in [0.05, 0.1) is 13.2 Å². The molecule has 2 rings (SSSR count). The van der Waals surface area contributed by atoms with Crippen LogP contribution in [0.2, 0.25) is 0 Å². The van der Waals surface area contributed by atoms with Gasteiger partial charge in [-0.05, 0) is 25.0 Å². The second-order valence-corrected chi connectivity index (χ2v) is 6.51. The summed E-state index contributed by atoms with van der Waals surface area (Å²) in [6, 6.07) is 20.1. The number of benzene rings is 2. The molecule has 0 heterocycles. The van der Waals surface area contributed by atoms with Crippen LogP contribution in [0, 0.1) is 0 Å². The summed E-state index contributed by atoms with van der Waals surface area (Å²) in [6.45, 7) is 12.6. The molecule has 0 aromatic heterocycles. The van der Waals surface area contributed by atoms with Crippen molar-refractivity contribution in [3.05, 3.63) is 109 Å². The van der Waals surface area contributed by atoms with Crippen molar-refractivity contribution in [2.45, 2.75) is 13.8 Å². The highest BCUT2D eigenvalue weighted by atomic mass is 35.5. The van der Waals surface area contributed by atoms with Gasteiger partial charge >= 0.3 is 11.9 Å². The molecule has 0 fully saturated rings. The van der Waals surface area contributed by atoms with Gasteiger partial charge in [0.2, 0.25) is 0 Å². The molecule has 34 heavy (non-hydrogen) atoms. The van der Waals surface area contributed by atoms with Gasteiger partial charge in [0, 0.05) is 17.0 Å². The van der Waals surface area contributed by atoms with Crippen molar-refractivity contribution >= 4 is 35.7 Å². The molecule has 7 heteroatoms. The first kappa shape index (κ1) is 35.1. The van der Waals surface area contributed by atoms with Crippen LogP contribution in [-0.4, -0.2) is 51.5 Å². The lowest BCUT2D eigenvalue weighted by molar-refractivity contribution is -0.133. The predicted octanol–water partition coefficient (Wildman–Crippen LogP) is 5.53. The summed E-state index contributed by atoms with van der Waals surface area (Å²) >= 11 is 5.46. The van der Waals surface area contributed by atoms with E-state index in [0.717, 1.165) is 0 Å². The number of carboxylic acids is 2. The molecule has 0 aliphatic rings. The number of carboxylic acid groups (broad SMARTS) is 2. The molecule has 2 aromatic rings. The molecular formula is C27H35ClO6. The fourth-order valence-electron chi connectivity index (χ4n) is 1.33. The van der Waals surface area contributed by atoms with Crippen LogP contribution in [0.15, 0.2) is 97.6 Å². The molecule has 4 N–H and O–H groups in total. The first-order valence-corrected chi connectivity index (χ1v) is 10.5. The van der Waals surface area contributed by atoms with Gasteiger partial charge in [-0.2, -0.15) is 0 Å². The number of hydrogen-bond acceptors (Lipinski definition) is 4. The van der Waals surface area contributed by atoms with E-state index in [1.807, 2.05) is 78.9 Å². The molecule has 0 atom stereocenters. The van der Waals surface area contributed by atoms with Gasteiger partial charge < -0.3 is 20.4 Å². The number of hydrogen-bond donors (Lipinski definition) is 4. The molecule has 6 nitrogen and oxygen atoms in total. The normalized spacial score (nSPS) is 8.62. The van der Waals surface area contributed by atoms with E-state index in [2.05, 4.69) is 19.7 Å². The van der Waals surface area contributed by atoms with Gasteiger partial charge in [0.1, 0.15) is 0 Å². The summed E-state index contributed by atoms with van der Waals surface area (Å²) in [5, 5.41) is 31.0. The zero-order valence-electron chi connectivity index (χ0n) is 19.7. The Kier molecular flexibility index (Phi) is 26.7. The summed E-state index contributed by atoms with van der Waals surface area (Å²) in [7, 11) is 0. The Balaban J connectivity index is -0.000000366. The number of aliphatic hydroxyl groups is 2. The Morgan fingerprint density at radius 1 is 0.794 bits per heavy atom. The fraction of sp³-hybridized carbons (Fsp3) is 0.185. The maximum atomic E-state index is 9.60. The van der Waals surface area contributed by atoms with Gasteiger partial charge in [-0.25, -0.2) is 9.59 Å². The van der Waals surface area contributed by atoms with Crippen LogP contribution in [-0.2, 0) is 9.59 Å². The molecule has 0 spiro atoms. The molecule has 0 saturated heterocycles. The van der Waals surface area contributed by atoms with Crippen LogP contribution >= 0.6 is 11.6 Å². The Bertz CT molecular complexity index is 796. The minimum Gasteiger partial charge on any atom is -0.478 e. The van der Waals surface area contributed by atoms with Crippen LogP contribution in [0.1, 0.15) is 25.0 Å². The number of aliphatic hydroxyl groups excluding tert-OH is 2. The topological polar surface area (TPSA) is 115 Å². The van der Waals surface area contributed by atoms with Crippen molar-refractivity contribution in [3.63, 3.8) is 0 Å². The van der Waals surface area contributed by atoms with E-state index in [1.165, 1.54) is 25.0 Å². The second-order valence-electron chi connectivity index (χ2n) is 6.20. The van der Waals surface area contributed by atoms with Crippen LogP contribution < -0.4 is 0 Å². The molecule has 186 valence electrons. The van der Waals surface area contributed by atoms with E-state index in [0.29, 0.717) is 5.88 Å². The summed E-state index contributed by atoms with van der Waals surface area (Å²) in [4.78, 5) is 19.2. The van der Waals surface area contributed by atoms with Crippen LogP contribution in [0.25, 0.3) is 12.2 Å². The third-order valence-electron chi connectivity index (χ3n) is 3.06. The zero-order valence-corrected chi connectivity index (χ0v) is 20.5. The quantitative estimate of drug-likeness (QED) is 0.312. The third kappa shape index (κ3) is 28.5. The van der Waals surface area contributed by atoms with Gasteiger partial charge in [0.15, 0.2) is 0 Å². The van der Waals surface area contributed by atoms with E-state index in [1.54, 1.807) is 0 Å². The molecule has 0 aliphatic heterocycles. The van der Waals surface area contributed by atoms with Crippen LogP contribution in [0.5, 0.6) is 0 Å². The average Bonchev–Trinajstić information content (AvgIpc) is 2.85. The van der Waals surface area contributed by atoms with Crippen molar-refractivity contribution in [2.75, 3.05) is 19.1 Å². The standard InChI is InChI=1S/C9H9Cl.C8H8.2C4H6O2.C2H6O2/c10-8-4-7-9-5-2-1-3-6-9;1-2-8-6-4-3-5-7-8;2*1-3(2)4(5)6;3-1-2-4/h1-7H,8H2;2-7H,1H2;2*1H2,2H3,(H,5,6);3-4H,1-2H2. The zero-order chi connectivity index (χ0) is 26.8. The molecule has 0 bridgehead atoms. The lowest BCUT2D eigenvalue weighted by Crippen LogP contribution is -1.92. The van der Waals surface area contributed by atoms with Crippen molar-refractivity contribution in [1.82, 2.24) is 0 Å². The van der Waals surface area contributed by atoms with E-state index < -0.39 is 11.9 Å². The molecule has 0 saturated carbocycles. The molecule has 0 unspecified atom stereocenters. The summed E-state index contributed by atoms with van der Waals surface area (Å²) in [6.07, 6.45) is 5.77. The van der Waals surface area contributed by atoms with E-state index >= 15 is 0 Å². The van der Waals surface area contributed by atoms with Crippen LogP contribution in [0.4, 0.5) is 0 Å². The van der Waals surface area contributed by atoms with E-state index in [-0.39, 0.29) is 24.4 Å². The number of allylic oxidation sites excluding steroid dienone is 1. The molecule has 0 aliphatic carbocycles. The van der Waals surface area contributed by atoms with Crippen molar-refractivity contribution < 1.29 is 30.0 Å². The average molecular weight is 491 g/mol. The van der Waals surface area contributed by atoms with Gasteiger partial charge in [-0.3, -0.25) is 0 Å². The summed E-state index contributed by atoms with van der Waals surface area (Å²) in [5.74, 6) is -1.29. The minimum absolute atomic E-state index is 0.125. The Hall–Kier alpha value is -3.45. The first-order chi connectivity index (χ1) is 16.1. The van der Waals surface area contributed by atoms with Crippen LogP contribution in [0.3, 0.4) is 0 Å². The molecule has 0 radical (unpaired) electrons. The molecular weight excluding hydrogens is 456 g/mol. The summed E-state index contributed by atoms with van der Waals surface area (Å²) in [5.41, 5.74) is 2.72. The lowest BCUT2D eigenvalue weighted by Gasteiger charge is -1.87. The number of aliphatic carboxylic acids is 2. The maximum Gasteiger partial charge on any atom is 0.330 e. The molecule has 2 aromatic carbocycles. The Labute approximate surface area is 207 Å². The van der Waals surface area contributed by atoms with E-state index in [4.69, 9.17) is 32.0 Å². The number of carbonyl (C=O) groups is 2. The number of rotatable bonds is 6. The van der Waals surface area contributed by atoms with Gasteiger partial charge in [-0.1, -0.05) is 98.6 Å². The first-order valence-electron chi connectivity index (χ1n) is 10.0. The third-order valence-corrected chi connectivity index (χ3v) is 3.24. The van der Waals surface area contributed by atoms with Crippen molar-refractivity contribution in [2.24, 2.45) is 0 Å². The predicted molar refractivity (Wildman–Crippen MR) is 142 cm³/mol. The maximum absolute atomic E-state index is 9.60. The highest BCUT2D eigenvalue weighted by Gasteiger charge is 1.90. The highest BCUT2D eigenvalue weighted by Crippen LogP contribution is 2.00. The fourth-order valence-corrected chi connectivity index (χ4v) is 1.42. The van der Waals surface area contributed by atoms with Gasteiger partial charge in [-0.15, -0.1) is 11.6 Å². The second kappa shape index (κ2) is 25.8.